The van der Waals surface area contributed by atoms with Crippen molar-refractivity contribution in [2.24, 2.45) is 5.73 Å². The Bertz CT molecular complexity index is 195. The smallest absolute Gasteiger partial charge is 0.0912 e. The van der Waals surface area contributed by atoms with E-state index in [4.69, 9.17) is 5.73 Å². The van der Waals surface area contributed by atoms with Crippen LogP contribution < -0.4 is 11.1 Å². The molecule has 0 saturated heterocycles. The Morgan fingerprint density at radius 3 is 3.00 bits per heavy atom. The average Bonchev–Trinajstić information content (AvgIpc) is 2.31. The first-order chi connectivity index (χ1) is 4.84. The third-order valence-corrected chi connectivity index (χ3v) is 2.27. The van der Waals surface area contributed by atoms with Gasteiger partial charge in [-0.25, -0.2) is 0 Å². The standard InChI is InChI=1S/C7H12N2S/c1-6-2-5-10-7(6)9-4-3-8/h2,5,9H,3-4,8H2,1H3. The van der Waals surface area contributed by atoms with Crippen molar-refractivity contribution in [3.8, 4) is 0 Å². The van der Waals surface area contributed by atoms with Crippen molar-refractivity contribution in [1.29, 1.82) is 0 Å². The zero-order valence-corrected chi connectivity index (χ0v) is 6.87. The van der Waals surface area contributed by atoms with Crippen LogP contribution in [0.5, 0.6) is 0 Å². The molecule has 1 rings (SSSR count). The van der Waals surface area contributed by atoms with Crippen molar-refractivity contribution in [2.45, 2.75) is 6.92 Å². The molecule has 0 spiro atoms. The summed E-state index contributed by atoms with van der Waals surface area (Å²) in [7, 11) is 0. The molecule has 0 amide bonds. The van der Waals surface area contributed by atoms with Crippen LogP contribution in [0.25, 0.3) is 0 Å². The van der Waals surface area contributed by atoms with E-state index in [0.717, 1.165) is 6.54 Å². The second-order valence-corrected chi connectivity index (χ2v) is 3.06. The number of anilines is 1. The minimum atomic E-state index is 0.692. The SMILES string of the molecule is Cc1ccsc1NCCN. The highest BCUT2D eigenvalue weighted by Crippen LogP contribution is 2.20. The second kappa shape index (κ2) is 3.58. The van der Waals surface area contributed by atoms with Crippen molar-refractivity contribution < 1.29 is 0 Å². The molecule has 1 aromatic heterocycles. The lowest BCUT2D eigenvalue weighted by molar-refractivity contribution is 1.03. The third-order valence-electron chi connectivity index (χ3n) is 1.29. The maximum Gasteiger partial charge on any atom is 0.0912 e. The predicted molar refractivity (Wildman–Crippen MR) is 46.6 cm³/mol. The molecular weight excluding hydrogens is 144 g/mol. The number of nitrogens with one attached hydrogen (secondary N) is 1. The number of hydrogen-bond donors (Lipinski definition) is 2. The van der Waals surface area contributed by atoms with Crippen LogP contribution in [0.3, 0.4) is 0 Å². The Morgan fingerprint density at radius 1 is 1.70 bits per heavy atom. The molecule has 1 heterocycles. The van der Waals surface area contributed by atoms with Gasteiger partial charge in [-0.1, -0.05) is 0 Å². The molecule has 0 aromatic carbocycles. The molecule has 0 aliphatic carbocycles. The van der Waals surface area contributed by atoms with Gasteiger partial charge < -0.3 is 11.1 Å². The molecule has 3 N–H and O–H groups in total. The third kappa shape index (κ3) is 1.72. The molecule has 0 unspecified atom stereocenters. The lowest BCUT2D eigenvalue weighted by Gasteiger charge is -2.00. The number of nitrogens with two attached hydrogens (primary N) is 1. The number of rotatable bonds is 3. The molecule has 0 aliphatic rings. The van der Waals surface area contributed by atoms with Gasteiger partial charge in [0.05, 0.1) is 5.00 Å². The van der Waals surface area contributed by atoms with Gasteiger partial charge in [-0.2, -0.15) is 0 Å². The van der Waals surface area contributed by atoms with Gasteiger partial charge in [-0.3, -0.25) is 0 Å². The molecule has 3 heteroatoms. The van der Waals surface area contributed by atoms with Crippen LogP contribution in [-0.2, 0) is 0 Å². The van der Waals surface area contributed by atoms with E-state index in [1.165, 1.54) is 10.6 Å². The first-order valence-corrected chi connectivity index (χ1v) is 4.20. The minimum absolute atomic E-state index is 0.692. The second-order valence-electron chi connectivity index (χ2n) is 2.15. The Hall–Kier alpha value is -0.540. The van der Waals surface area contributed by atoms with E-state index >= 15 is 0 Å². The molecule has 0 bridgehead atoms. The molecule has 0 fully saturated rings. The summed E-state index contributed by atoms with van der Waals surface area (Å²) in [5.74, 6) is 0. The highest BCUT2D eigenvalue weighted by Gasteiger charge is 1.95. The minimum Gasteiger partial charge on any atom is -0.375 e. The quantitative estimate of drug-likeness (QED) is 0.694. The summed E-state index contributed by atoms with van der Waals surface area (Å²) >= 11 is 1.72. The fourth-order valence-corrected chi connectivity index (χ4v) is 1.59. The Kier molecular flexibility index (Phi) is 2.71. The number of thiophene rings is 1. The lowest BCUT2D eigenvalue weighted by atomic mass is 10.4. The van der Waals surface area contributed by atoms with Crippen LogP contribution in [0.1, 0.15) is 5.56 Å². The summed E-state index contributed by atoms with van der Waals surface area (Å²) in [6, 6.07) is 2.10. The lowest BCUT2D eigenvalue weighted by Crippen LogP contribution is -2.12. The van der Waals surface area contributed by atoms with Crippen LogP contribution in [0.15, 0.2) is 11.4 Å². The van der Waals surface area contributed by atoms with Gasteiger partial charge in [0.15, 0.2) is 0 Å². The van der Waals surface area contributed by atoms with E-state index in [1.54, 1.807) is 11.3 Å². The zero-order valence-electron chi connectivity index (χ0n) is 6.05. The number of hydrogen-bond acceptors (Lipinski definition) is 3. The molecule has 0 radical (unpaired) electrons. The molecule has 10 heavy (non-hydrogen) atoms. The maximum absolute atomic E-state index is 5.34. The van der Waals surface area contributed by atoms with Gasteiger partial charge in [0.25, 0.3) is 0 Å². The van der Waals surface area contributed by atoms with Gasteiger partial charge in [0, 0.05) is 13.1 Å². The van der Waals surface area contributed by atoms with Crippen LogP contribution in [0, 0.1) is 6.92 Å². The summed E-state index contributed by atoms with van der Waals surface area (Å²) in [4.78, 5) is 0. The summed E-state index contributed by atoms with van der Waals surface area (Å²) in [5.41, 5.74) is 6.64. The summed E-state index contributed by atoms with van der Waals surface area (Å²) in [5, 5.41) is 6.55. The normalized spacial score (nSPS) is 9.80. The number of aryl methyl sites for hydroxylation is 1. The molecule has 1 aromatic rings. The topological polar surface area (TPSA) is 38.0 Å². The van der Waals surface area contributed by atoms with Crippen molar-refractivity contribution in [3.63, 3.8) is 0 Å². The summed E-state index contributed by atoms with van der Waals surface area (Å²) in [6.07, 6.45) is 0. The van der Waals surface area contributed by atoms with Gasteiger partial charge in [-0.05, 0) is 23.9 Å². The zero-order chi connectivity index (χ0) is 7.40. The molecule has 2 nitrogen and oxygen atoms in total. The van der Waals surface area contributed by atoms with Crippen LogP contribution in [0.2, 0.25) is 0 Å². The van der Waals surface area contributed by atoms with E-state index in [-0.39, 0.29) is 0 Å². The van der Waals surface area contributed by atoms with E-state index < -0.39 is 0 Å². The maximum atomic E-state index is 5.34. The van der Waals surface area contributed by atoms with E-state index in [0.29, 0.717) is 6.54 Å². The fourth-order valence-electron chi connectivity index (χ4n) is 0.740. The fraction of sp³-hybridized carbons (Fsp3) is 0.429. The molecule has 0 atom stereocenters. The molecule has 0 saturated carbocycles. The first-order valence-electron chi connectivity index (χ1n) is 3.32. The van der Waals surface area contributed by atoms with Crippen molar-refractivity contribution >= 4 is 16.3 Å². The molecule has 56 valence electrons. The van der Waals surface area contributed by atoms with Gasteiger partial charge in [-0.15, -0.1) is 11.3 Å². The van der Waals surface area contributed by atoms with Crippen LogP contribution in [-0.4, -0.2) is 13.1 Å². The predicted octanol–water partition coefficient (Wildman–Crippen LogP) is 1.43. The Morgan fingerprint density at radius 2 is 2.50 bits per heavy atom. The van der Waals surface area contributed by atoms with Gasteiger partial charge >= 0.3 is 0 Å². The van der Waals surface area contributed by atoms with E-state index in [9.17, 15) is 0 Å². The summed E-state index contributed by atoms with van der Waals surface area (Å²) < 4.78 is 0. The van der Waals surface area contributed by atoms with Crippen LogP contribution >= 0.6 is 11.3 Å². The largest absolute Gasteiger partial charge is 0.375 e. The van der Waals surface area contributed by atoms with E-state index in [1.807, 2.05) is 0 Å². The molecular formula is C7H12N2S. The Labute approximate surface area is 65.1 Å². The highest BCUT2D eigenvalue weighted by molar-refractivity contribution is 7.14. The van der Waals surface area contributed by atoms with Crippen LogP contribution in [0.4, 0.5) is 5.00 Å². The summed E-state index contributed by atoms with van der Waals surface area (Å²) in [6.45, 7) is 3.65. The van der Waals surface area contributed by atoms with Crippen molar-refractivity contribution in [1.82, 2.24) is 0 Å². The van der Waals surface area contributed by atoms with Crippen molar-refractivity contribution in [3.05, 3.63) is 17.0 Å². The Balaban J connectivity index is 2.49. The van der Waals surface area contributed by atoms with Crippen molar-refractivity contribution in [2.75, 3.05) is 18.4 Å². The van der Waals surface area contributed by atoms with Gasteiger partial charge in [0.1, 0.15) is 0 Å². The first kappa shape index (κ1) is 7.57. The highest BCUT2D eigenvalue weighted by atomic mass is 32.1. The van der Waals surface area contributed by atoms with Gasteiger partial charge in [0.2, 0.25) is 0 Å². The monoisotopic (exact) mass is 156 g/mol. The average molecular weight is 156 g/mol. The van der Waals surface area contributed by atoms with E-state index in [2.05, 4.69) is 23.7 Å². The molecule has 0 aliphatic heterocycles.